The highest BCUT2D eigenvalue weighted by atomic mass is 35.5. The largest absolute Gasteiger partial charge is 0.345 e. The highest BCUT2D eigenvalue weighted by molar-refractivity contribution is 6.34. The molecule has 2 aliphatic heterocycles. The van der Waals surface area contributed by atoms with E-state index in [0.717, 1.165) is 19.4 Å². The van der Waals surface area contributed by atoms with Gasteiger partial charge in [-0.3, -0.25) is 14.4 Å². The lowest BCUT2D eigenvalue weighted by Crippen LogP contribution is -2.48. The highest BCUT2D eigenvalue weighted by Gasteiger charge is 2.48. The van der Waals surface area contributed by atoms with Crippen molar-refractivity contribution in [2.24, 2.45) is 5.41 Å². The number of nitrogens with zero attached hydrogens (tertiary/aromatic N) is 2. The van der Waals surface area contributed by atoms with E-state index in [1.165, 1.54) is 6.92 Å². The zero-order valence-electron chi connectivity index (χ0n) is 14.5. The van der Waals surface area contributed by atoms with Crippen LogP contribution in [0.3, 0.4) is 0 Å². The molecule has 2 saturated heterocycles. The number of piperidine rings is 1. The summed E-state index contributed by atoms with van der Waals surface area (Å²) in [5.41, 5.74) is 0.425. The highest BCUT2D eigenvalue weighted by Crippen LogP contribution is 2.40. The lowest BCUT2D eigenvalue weighted by atomic mass is 9.78. The van der Waals surface area contributed by atoms with E-state index in [4.69, 9.17) is 11.6 Å². The van der Waals surface area contributed by atoms with Gasteiger partial charge in [0.05, 0.1) is 16.0 Å². The molecule has 2 heterocycles. The van der Waals surface area contributed by atoms with Crippen LogP contribution in [-0.2, 0) is 9.59 Å². The molecule has 1 aromatic carbocycles. The molecule has 25 heavy (non-hydrogen) atoms. The minimum Gasteiger partial charge on any atom is -0.345 e. The van der Waals surface area contributed by atoms with Crippen LogP contribution in [0.2, 0.25) is 5.02 Å². The fourth-order valence-corrected chi connectivity index (χ4v) is 4.03. The van der Waals surface area contributed by atoms with Gasteiger partial charge >= 0.3 is 0 Å². The zero-order chi connectivity index (χ0) is 18.2. The summed E-state index contributed by atoms with van der Waals surface area (Å²) in [6.07, 6.45) is 2.47. The monoisotopic (exact) mass is 363 g/mol. The van der Waals surface area contributed by atoms with Gasteiger partial charge in [0.25, 0.3) is 5.91 Å². The van der Waals surface area contributed by atoms with Crippen LogP contribution in [0.5, 0.6) is 0 Å². The maximum atomic E-state index is 12.9. The van der Waals surface area contributed by atoms with Crippen LogP contribution in [0.4, 0.5) is 5.69 Å². The number of hydrogen-bond donors (Lipinski definition) is 1. The minimum absolute atomic E-state index is 0.132. The molecule has 3 rings (SSSR count). The number of carbonyl (C=O) groups excluding carboxylic acids is 3. The Morgan fingerprint density at radius 3 is 2.72 bits per heavy atom. The van der Waals surface area contributed by atoms with Gasteiger partial charge in [0, 0.05) is 39.3 Å². The van der Waals surface area contributed by atoms with Gasteiger partial charge in [0.15, 0.2) is 0 Å². The average Bonchev–Trinajstić information content (AvgIpc) is 2.98. The number of amides is 3. The van der Waals surface area contributed by atoms with Gasteiger partial charge in [0.1, 0.15) is 0 Å². The third kappa shape index (κ3) is 3.35. The predicted octanol–water partition coefficient (Wildman–Crippen LogP) is 2.38. The van der Waals surface area contributed by atoms with Crippen LogP contribution in [-0.4, -0.2) is 54.2 Å². The lowest BCUT2D eigenvalue weighted by Gasteiger charge is -2.37. The summed E-state index contributed by atoms with van der Waals surface area (Å²) in [5, 5.41) is 3.00. The van der Waals surface area contributed by atoms with Crippen molar-refractivity contribution in [1.29, 1.82) is 0 Å². The molecule has 1 spiro atoms. The minimum atomic E-state index is -0.454. The number of rotatable bonds is 2. The Labute approximate surface area is 152 Å². The smallest absolute Gasteiger partial charge is 0.255 e. The Balaban J connectivity index is 1.80. The van der Waals surface area contributed by atoms with Crippen LogP contribution < -0.4 is 5.32 Å². The third-order valence-corrected chi connectivity index (χ3v) is 5.44. The summed E-state index contributed by atoms with van der Waals surface area (Å²) in [6.45, 7) is 3.15. The molecule has 3 amide bonds. The maximum absolute atomic E-state index is 12.9. The van der Waals surface area contributed by atoms with Crippen molar-refractivity contribution in [1.82, 2.24) is 9.80 Å². The Morgan fingerprint density at radius 2 is 2.00 bits per heavy atom. The van der Waals surface area contributed by atoms with Crippen LogP contribution in [0.15, 0.2) is 18.2 Å². The molecule has 0 aromatic heterocycles. The Hall–Kier alpha value is -2.08. The first kappa shape index (κ1) is 17.7. The molecule has 0 saturated carbocycles. The molecule has 7 heteroatoms. The third-order valence-electron chi connectivity index (χ3n) is 5.11. The second kappa shape index (κ2) is 6.67. The van der Waals surface area contributed by atoms with Crippen molar-refractivity contribution >= 4 is 35.0 Å². The van der Waals surface area contributed by atoms with Crippen molar-refractivity contribution in [3.8, 4) is 0 Å². The molecule has 0 bridgehead atoms. The quantitative estimate of drug-likeness (QED) is 0.877. The molecular formula is C18H22ClN3O3. The van der Waals surface area contributed by atoms with E-state index >= 15 is 0 Å². The Morgan fingerprint density at radius 1 is 1.24 bits per heavy atom. The van der Waals surface area contributed by atoms with E-state index in [0.29, 0.717) is 35.8 Å². The normalized spacial score (nSPS) is 23.2. The molecule has 1 atom stereocenters. The van der Waals surface area contributed by atoms with Gasteiger partial charge in [0.2, 0.25) is 11.8 Å². The summed E-state index contributed by atoms with van der Waals surface area (Å²) in [5.74, 6) is -0.279. The average molecular weight is 364 g/mol. The van der Waals surface area contributed by atoms with Gasteiger partial charge in [-0.05, 0) is 37.5 Å². The van der Waals surface area contributed by atoms with Crippen molar-refractivity contribution in [2.75, 3.05) is 32.0 Å². The van der Waals surface area contributed by atoms with Gasteiger partial charge in [-0.15, -0.1) is 0 Å². The molecule has 2 aliphatic rings. The molecule has 0 aliphatic carbocycles. The lowest BCUT2D eigenvalue weighted by molar-refractivity contribution is -0.143. The van der Waals surface area contributed by atoms with Crippen molar-refractivity contribution < 1.29 is 14.4 Å². The van der Waals surface area contributed by atoms with E-state index in [1.54, 1.807) is 28.0 Å². The summed E-state index contributed by atoms with van der Waals surface area (Å²) < 4.78 is 0. The van der Waals surface area contributed by atoms with Crippen LogP contribution in [0.25, 0.3) is 0 Å². The van der Waals surface area contributed by atoms with Gasteiger partial charge in [-0.25, -0.2) is 0 Å². The Bertz CT molecular complexity index is 736. The number of likely N-dealkylation sites (tertiary alicyclic amines) is 2. The van der Waals surface area contributed by atoms with Crippen molar-refractivity contribution in [3.63, 3.8) is 0 Å². The van der Waals surface area contributed by atoms with Gasteiger partial charge in [-0.1, -0.05) is 11.6 Å². The molecule has 1 aromatic rings. The van der Waals surface area contributed by atoms with Crippen molar-refractivity contribution in [2.45, 2.75) is 26.2 Å². The topological polar surface area (TPSA) is 69.7 Å². The van der Waals surface area contributed by atoms with E-state index in [9.17, 15) is 14.4 Å². The number of anilines is 1. The summed E-state index contributed by atoms with van der Waals surface area (Å²) in [7, 11) is 1.82. The first-order valence-electron chi connectivity index (χ1n) is 8.44. The molecule has 0 radical (unpaired) electrons. The van der Waals surface area contributed by atoms with Gasteiger partial charge < -0.3 is 15.1 Å². The fourth-order valence-electron chi connectivity index (χ4n) is 3.83. The number of hydrogen-bond acceptors (Lipinski definition) is 3. The molecule has 2 fully saturated rings. The number of halogens is 1. The molecular weight excluding hydrogens is 342 g/mol. The van der Waals surface area contributed by atoms with E-state index in [2.05, 4.69) is 5.32 Å². The molecule has 0 unspecified atom stereocenters. The summed E-state index contributed by atoms with van der Waals surface area (Å²) in [4.78, 5) is 40.2. The standard InChI is InChI=1S/C18H22ClN3O3/c1-12(23)20-13-4-5-15(19)14(10-13)16(24)22-9-7-18(11-22)6-3-8-21(2)17(18)25/h4-5,10H,3,6-9,11H2,1-2H3,(H,20,23)/t18-/m0/s1. The number of nitrogens with one attached hydrogen (secondary N) is 1. The van der Waals surface area contributed by atoms with Crippen LogP contribution in [0.1, 0.15) is 36.5 Å². The van der Waals surface area contributed by atoms with Crippen LogP contribution in [0, 0.1) is 5.41 Å². The van der Waals surface area contributed by atoms with Crippen LogP contribution >= 0.6 is 11.6 Å². The zero-order valence-corrected chi connectivity index (χ0v) is 15.2. The number of carbonyl (C=O) groups is 3. The summed E-state index contributed by atoms with van der Waals surface area (Å²) in [6, 6.07) is 4.85. The van der Waals surface area contributed by atoms with Crippen molar-refractivity contribution in [3.05, 3.63) is 28.8 Å². The summed E-state index contributed by atoms with van der Waals surface area (Å²) >= 11 is 6.20. The van der Waals surface area contributed by atoms with E-state index in [1.807, 2.05) is 7.05 Å². The van der Waals surface area contributed by atoms with E-state index < -0.39 is 5.41 Å². The number of benzene rings is 1. The predicted molar refractivity (Wildman–Crippen MR) is 95.6 cm³/mol. The first-order valence-corrected chi connectivity index (χ1v) is 8.82. The molecule has 134 valence electrons. The second-order valence-corrected chi connectivity index (χ2v) is 7.37. The molecule has 1 N–H and O–H groups in total. The van der Waals surface area contributed by atoms with Gasteiger partial charge in [-0.2, -0.15) is 0 Å². The SMILES string of the molecule is CC(=O)Nc1ccc(Cl)c(C(=O)N2CC[C@@]3(CCCN(C)C3=O)C2)c1. The van der Waals surface area contributed by atoms with E-state index in [-0.39, 0.29) is 17.7 Å². The fraction of sp³-hybridized carbons (Fsp3) is 0.500. The Kier molecular flexibility index (Phi) is 4.73. The molecule has 6 nitrogen and oxygen atoms in total. The first-order chi connectivity index (χ1) is 11.8. The second-order valence-electron chi connectivity index (χ2n) is 6.96. The maximum Gasteiger partial charge on any atom is 0.255 e.